The monoisotopic (exact) mass is 262 g/mol. The predicted molar refractivity (Wildman–Crippen MR) is 75.7 cm³/mol. The van der Waals surface area contributed by atoms with Crippen molar-refractivity contribution in [3.8, 4) is 5.75 Å². The number of hydrogen-bond acceptors (Lipinski definition) is 3. The molecule has 1 aliphatic rings. The van der Waals surface area contributed by atoms with Crippen LogP contribution in [0.4, 0.5) is 0 Å². The third kappa shape index (κ3) is 3.47. The predicted octanol–water partition coefficient (Wildman–Crippen LogP) is 1.83. The summed E-state index contributed by atoms with van der Waals surface area (Å²) in [5.74, 6) is 0.608. The van der Waals surface area contributed by atoms with Gasteiger partial charge in [0, 0.05) is 6.04 Å². The highest BCUT2D eigenvalue weighted by atomic mass is 16.5. The maximum atomic E-state index is 12.3. The van der Waals surface area contributed by atoms with Crippen molar-refractivity contribution in [1.29, 1.82) is 0 Å². The number of benzene rings is 1. The van der Waals surface area contributed by atoms with Crippen LogP contribution in [-0.4, -0.2) is 44.1 Å². The second-order valence-electron chi connectivity index (χ2n) is 5.25. The molecule has 1 fully saturated rings. The van der Waals surface area contributed by atoms with Gasteiger partial charge in [-0.2, -0.15) is 0 Å². The molecule has 0 radical (unpaired) electrons. The largest absolute Gasteiger partial charge is 0.496 e. The number of rotatable bonds is 3. The molecule has 0 spiro atoms. The molecule has 1 aromatic carbocycles. The Morgan fingerprint density at radius 1 is 1.37 bits per heavy atom. The fourth-order valence-corrected chi connectivity index (χ4v) is 2.40. The zero-order valence-electron chi connectivity index (χ0n) is 11.9. The highest BCUT2D eigenvalue weighted by Crippen LogP contribution is 2.20. The van der Waals surface area contributed by atoms with Crippen molar-refractivity contribution in [1.82, 2.24) is 10.2 Å². The van der Waals surface area contributed by atoms with Gasteiger partial charge in [0.05, 0.1) is 12.7 Å². The van der Waals surface area contributed by atoms with Gasteiger partial charge in [-0.1, -0.05) is 6.07 Å². The zero-order chi connectivity index (χ0) is 13.8. The smallest absolute Gasteiger partial charge is 0.255 e. The average Bonchev–Trinajstić information content (AvgIpc) is 2.41. The molecular weight excluding hydrogens is 240 g/mol. The molecule has 4 heteroatoms. The minimum atomic E-state index is -0.0357. The molecule has 19 heavy (non-hydrogen) atoms. The summed E-state index contributed by atoms with van der Waals surface area (Å²) >= 11 is 0. The molecule has 0 bridgehead atoms. The van der Waals surface area contributed by atoms with Crippen LogP contribution >= 0.6 is 0 Å². The van der Waals surface area contributed by atoms with Gasteiger partial charge >= 0.3 is 0 Å². The molecule has 2 rings (SSSR count). The number of nitrogens with one attached hydrogen (secondary N) is 1. The SMILES string of the molecule is COc1cc(C)ccc1C(=O)NC1CCN(C)CC1. The lowest BCUT2D eigenvalue weighted by molar-refractivity contribution is 0.0914. The summed E-state index contributed by atoms with van der Waals surface area (Å²) in [6.45, 7) is 4.06. The van der Waals surface area contributed by atoms with E-state index in [2.05, 4.69) is 17.3 Å². The van der Waals surface area contributed by atoms with E-state index in [-0.39, 0.29) is 11.9 Å². The number of likely N-dealkylation sites (tertiary alicyclic amines) is 1. The van der Waals surface area contributed by atoms with E-state index >= 15 is 0 Å². The number of carbonyl (C=O) groups is 1. The van der Waals surface area contributed by atoms with Crippen LogP contribution in [0.2, 0.25) is 0 Å². The first-order valence-electron chi connectivity index (χ1n) is 6.74. The van der Waals surface area contributed by atoms with Crippen LogP contribution in [0, 0.1) is 6.92 Å². The molecule has 0 aliphatic carbocycles. The number of aryl methyl sites for hydroxylation is 1. The Kier molecular flexibility index (Phi) is 4.43. The Labute approximate surface area is 114 Å². The lowest BCUT2D eigenvalue weighted by atomic mass is 10.0. The van der Waals surface area contributed by atoms with Crippen LogP contribution in [0.1, 0.15) is 28.8 Å². The number of carbonyl (C=O) groups excluding carboxylic acids is 1. The molecule has 0 atom stereocenters. The van der Waals surface area contributed by atoms with E-state index in [9.17, 15) is 4.79 Å². The van der Waals surface area contributed by atoms with Gasteiger partial charge in [-0.05, 0) is 57.6 Å². The minimum absolute atomic E-state index is 0.0357. The maximum absolute atomic E-state index is 12.3. The van der Waals surface area contributed by atoms with Gasteiger partial charge < -0.3 is 15.0 Å². The maximum Gasteiger partial charge on any atom is 0.255 e. The van der Waals surface area contributed by atoms with Gasteiger partial charge in [0.2, 0.25) is 0 Å². The van der Waals surface area contributed by atoms with Gasteiger partial charge in [-0.15, -0.1) is 0 Å². The third-order valence-electron chi connectivity index (χ3n) is 3.66. The van der Waals surface area contributed by atoms with E-state index in [1.54, 1.807) is 7.11 Å². The van der Waals surface area contributed by atoms with Crippen molar-refractivity contribution in [3.63, 3.8) is 0 Å². The molecule has 0 unspecified atom stereocenters. The van der Waals surface area contributed by atoms with Crippen LogP contribution in [-0.2, 0) is 0 Å². The number of methoxy groups -OCH3 is 1. The fourth-order valence-electron chi connectivity index (χ4n) is 2.40. The van der Waals surface area contributed by atoms with Crippen molar-refractivity contribution < 1.29 is 9.53 Å². The molecular formula is C15H22N2O2. The first kappa shape index (κ1) is 13.9. The van der Waals surface area contributed by atoms with E-state index in [1.165, 1.54) is 0 Å². The summed E-state index contributed by atoms with van der Waals surface area (Å²) in [6, 6.07) is 5.93. The quantitative estimate of drug-likeness (QED) is 0.903. The third-order valence-corrected chi connectivity index (χ3v) is 3.66. The average molecular weight is 262 g/mol. The lowest BCUT2D eigenvalue weighted by Crippen LogP contribution is -2.43. The molecule has 1 saturated heterocycles. The summed E-state index contributed by atoms with van der Waals surface area (Å²) in [4.78, 5) is 14.6. The van der Waals surface area contributed by atoms with Crippen LogP contribution in [0.3, 0.4) is 0 Å². The number of piperidine rings is 1. The van der Waals surface area contributed by atoms with Crippen molar-refractivity contribution in [2.75, 3.05) is 27.2 Å². The summed E-state index contributed by atoms with van der Waals surface area (Å²) in [5, 5.41) is 3.10. The highest BCUT2D eigenvalue weighted by Gasteiger charge is 2.20. The van der Waals surface area contributed by atoms with Crippen LogP contribution in [0.25, 0.3) is 0 Å². The first-order chi connectivity index (χ1) is 9.10. The van der Waals surface area contributed by atoms with Crippen molar-refractivity contribution in [3.05, 3.63) is 29.3 Å². The van der Waals surface area contributed by atoms with E-state index in [1.807, 2.05) is 25.1 Å². The first-order valence-corrected chi connectivity index (χ1v) is 6.74. The molecule has 104 valence electrons. The van der Waals surface area contributed by atoms with Gasteiger partial charge in [0.25, 0.3) is 5.91 Å². The number of nitrogens with zero attached hydrogens (tertiary/aromatic N) is 1. The molecule has 0 aromatic heterocycles. The van der Waals surface area contributed by atoms with E-state index in [4.69, 9.17) is 4.74 Å². The van der Waals surface area contributed by atoms with Gasteiger partial charge in [-0.3, -0.25) is 4.79 Å². The molecule has 1 aliphatic heterocycles. The molecule has 1 amide bonds. The number of amides is 1. The van der Waals surface area contributed by atoms with E-state index in [0.29, 0.717) is 11.3 Å². The van der Waals surface area contributed by atoms with Gasteiger partial charge in [-0.25, -0.2) is 0 Å². The molecule has 0 saturated carbocycles. The Morgan fingerprint density at radius 3 is 2.68 bits per heavy atom. The van der Waals surface area contributed by atoms with E-state index in [0.717, 1.165) is 31.5 Å². The highest BCUT2D eigenvalue weighted by molar-refractivity contribution is 5.97. The molecule has 1 N–H and O–H groups in total. The Bertz CT molecular complexity index is 451. The van der Waals surface area contributed by atoms with Crippen LogP contribution in [0.15, 0.2) is 18.2 Å². The second kappa shape index (κ2) is 6.06. The summed E-state index contributed by atoms with van der Waals surface area (Å²) in [7, 11) is 3.71. The van der Waals surface area contributed by atoms with Crippen molar-refractivity contribution in [2.45, 2.75) is 25.8 Å². The lowest BCUT2D eigenvalue weighted by Gasteiger charge is -2.29. The topological polar surface area (TPSA) is 41.6 Å². The standard InChI is InChI=1S/C15H22N2O2/c1-11-4-5-13(14(10-11)19-3)15(18)16-12-6-8-17(2)9-7-12/h4-5,10,12H,6-9H2,1-3H3,(H,16,18). The van der Waals surface area contributed by atoms with E-state index < -0.39 is 0 Å². The zero-order valence-corrected chi connectivity index (χ0v) is 11.9. The second-order valence-corrected chi connectivity index (χ2v) is 5.25. The molecule has 4 nitrogen and oxygen atoms in total. The molecule has 1 aromatic rings. The normalized spacial score (nSPS) is 17.2. The van der Waals surface area contributed by atoms with Crippen LogP contribution < -0.4 is 10.1 Å². The van der Waals surface area contributed by atoms with Gasteiger partial charge in [0.15, 0.2) is 0 Å². The summed E-state index contributed by atoms with van der Waals surface area (Å²) in [6.07, 6.45) is 2.02. The van der Waals surface area contributed by atoms with Crippen molar-refractivity contribution in [2.24, 2.45) is 0 Å². The number of hydrogen-bond donors (Lipinski definition) is 1. The van der Waals surface area contributed by atoms with Crippen LogP contribution in [0.5, 0.6) is 5.75 Å². The molecule has 1 heterocycles. The Morgan fingerprint density at radius 2 is 2.05 bits per heavy atom. The fraction of sp³-hybridized carbons (Fsp3) is 0.533. The summed E-state index contributed by atoms with van der Waals surface area (Å²) < 4.78 is 5.28. The minimum Gasteiger partial charge on any atom is -0.496 e. The Balaban J connectivity index is 2.03. The Hall–Kier alpha value is -1.55. The van der Waals surface area contributed by atoms with Crippen molar-refractivity contribution >= 4 is 5.91 Å². The van der Waals surface area contributed by atoms with Gasteiger partial charge in [0.1, 0.15) is 5.75 Å². The summed E-state index contributed by atoms with van der Waals surface area (Å²) in [5.41, 5.74) is 1.71. The number of ether oxygens (including phenoxy) is 1.